The van der Waals surface area contributed by atoms with Gasteiger partial charge >= 0.3 is 35.0 Å². The number of carbonyl (C=O) groups is 2. The number of hydrogen-bond donors (Lipinski definition) is 1. The normalized spacial score (nSPS) is 27.5. The fraction of sp³-hybridized carbons (Fsp3) is 0.524. The van der Waals surface area contributed by atoms with Gasteiger partial charge in [0, 0.05) is 6.42 Å². The number of aliphatic hydroxyl groups excluding tert-OH is 1. The van der Waals surface area contributed by atoms with Gasteiger partial charge in [0.15, 0.2) is 0 Å². The maximum Gasteiger partial charge on any atom is 2.00 e. The van der Waals surface area contributed by atoms with Gasteiger partial charge in [-0.25, -0.2) is 0 Å². The van der Waals surface area contributed by atoms with Crippen molar-refractivity contribution < 1.29 is 24.2 Å². The second-order valence-electron chi connectivity index (χ2n) is 14.6. The molecule has 1 unspecified atom stereocenters. The van der Waals surface area contributed by atoms with Crippen LogP contribution in [0.25, 0.3) is 28.4 Å². The molecule has 274 valence electrons. The minimum atomic E-state index is -1.14. The zero-order valence-electron chi connectivity index (χ0n) is 32.3. The van der Waals surface area contributed by atoms with E-state index < -0.39 is 24.0 Å². The smallest absolute Gasteiger partial charge is 0.681 e. The topological polar surface area (TPSA) is 129 Å². The van der Waals surface area contributed by atoms with E-state index >= 15 is 0 Å². The predicted octanol–water partition coefficient (Wildman–Crippen LogP) is 6.22. The number of aromatic nitrogens is 2. The molecule has 0 radical (unpaired) electrons. The SMILES string of the molecule is CCC/C(C)=C/COC(=O)CC[C@@H]1C2[N-]/C(=C\C3=C(C)[C@@H](CC)/C(=C/c4[n-]c(c(CC)c4C)/C=c4\[n-]c5c(c4C)[C@@H](O)[C@H](C(=O)OC)C=52)[N-]3)[C@H]1C.[Mg+2]. The Morgan fingerprint density at radius 2 is 1.73 bits per heavy atom. The molecule has 8 bridgehead atoms. The molecule has 5 heterocycles. The molecule has 0 saturated carbocycles. The van der Waals surface area contributed by atoms with Crippen LogP contribution in [0.15, 0.2) is 40.4 Å². The Kier molecular flexibility index (Phi) is 12.4. The summed E-state index contributed by atoms with van der Waals surface area (Å²) >= 11 is 0. The Labute approximate surface area is 324 Å². The molecule has 10 heteroatoms. The Bertz CT molecular complexity index is 1980. The fourth-order valence-corrected chi connectivity index (χ4v) is 8.61. The molecular weight excluding hydrogens is 665 g/mol. The van der Waals surface area contributed by atoms with Crippen molar-refractivity contribution in [2.45, 2.75) is 106 Å². The summed E-state index contributed by atoms with van der Waals surface area (Å²) in [7, 11) is 1.34. The number of rotatable bonds is 10. The molecule has 4 aliphatic rings. The average molecular weight is 717 g/mol. The molecule has 52 heavy (non-hydrogen) atoms. The largest absolute Gasteiger partial charge is 2.00 e. The van der Waals surface area contributed by atoms with Crippen LogP contribution in [-0.2, 0) is 25.5 Å². The van der Waals surface area contributed by atoms with Crippen molar-refractivity contribution in [1.29, 1.82) is 0 Å². The molecule has 1 aliphatic carbocycles. The van der Waals surface area contributed by atoms with E-state index in [0.717, 1.165) is 70.9 Å². The minimum absolute atomic E-state index is 0. The molecule has 1 saturated heterocycles. The number of methoxy groups -OCH3 is 1. The molecule has 2 aromatic heterocycles. The Hall–Kier alpha value is -3.47. The molecule has 6 rings (SSSR count). The standard InChI is InChI=1S/C42H52N4O5.Mg/c1-10-13-21(4)16-17-51-35(47)15-14-28-24(7)31-18-29-22(5)26(11-2)33(43-29)19-30-23(6)27(12-3)34(44-30)20-32-25(8)36-40(46-32)37(39(28)45-31)38(41(36)48)42(49)50-9;/h16,18-20,24,26,28,38-39,41,48H,10-15,17H2,1-9H3;/q-4;+2/b21-16+,31-18-,32-20-,33-19-;/t24-,26+,28-,38+,39?,41+;/m0./s1. The van der Waals surface area contributed by atoms with Gasteiger partial charge in [-0.05, 0) is 82.8 Å². The van der Waals surface area contributed by atoms with Crippen molar-refractivity contribution >= 4 is 52.7 Å². The van der Waals surface area contributed by atoms with Crippen LogP contribution in [0.1, 0.15) is 113 Å². The van der Waals surface area contributed by atoms with Gasteiger partial charge in [-0.1, -0.05) is 91.8 Å². The summed E-state index contributed by atoms with van der Waals surface area (Å²) in [6.07, 6.45) is 11.5. The number of hydrogen-bond acceptors (Lipinski definition) is 5. The number of ether oxygens (including phenoxy) is 2. The van der Waals surface area contributed by atoms with Gasteiger partial charge < -0.3 is 35.2 Å². The number of fused-ring (bicyclic) bond motifs is 8. The Morgan fingerprint density at radius 1 is 0.981 bits per heavy atom. The average Bonchev–Trinajstić information content (AvgIpc) is 3.84. The van der Waals surface area contributed by atoms with Gasteiger partial charge in [0.05, 0.1) is 13.2 Å². The molecular formula is C42H52MgN4O5-2. The van der Waals surface area contributed by atoms with Crippen LogP contribution in [0.3, 0.4) is 0 Å². The maximum absolute atomic E-state index is 13.5. The van der Waals surface area contributed by atoms with Crippen LogP contribution < -0.4 is 20.7 Å². The van der Waals surface area contributed by atoms with Gasteiger partial charge in [0.1, 0.15) is 12.5 Å². The van der Waals surface area contributed by atoms with Crippen molar-refractivity contribution in [1.82, 2.24) is 9.97 Å². The molecule has 1 N–H and O–H groups in total. The molecule has 9 nitrogen and oxygen atoms in total. The third-order valence-electron chi connectivity index (χ3n) is 11.6. The van der Waals surface area contributed by atoms with Crippen molar-refractivity contribution in [2.75, 3.05) is 13.7 Å². The second kappa shape index (κ2) is 16.3. The van der Waals surface area contributed by atoms with Crippen LogP contribution in [0.2, 0.25) is 0 Å². The number of allylic oxidation sites excluding steroid dienone is 4. The first-order chi connectivity index (χ1) is 24.4. The quantitative estimate of drug-likeness (QED) is 0.176. The zero-order valence-corrected chi connectivity index (χ0v) is 33.7. The molecule has 0 aromatic carbocycles. The fourth-order valence-electron chi connectivity index (χ4n) is 8.61. The third-order valence-corrected chi connectivity index (χ3v) is 11.6. The van der Waals surface area contributed by atoms with Crippen molar-refractivity contribution in [3.8, 4) is 0 Å². The first-order valence-electron chi connectivity index (χ1n) is 18.6. The van der Waals surface area contributed by atoms with Gasteiger partial charge in [-0.3, -0.25) is 9.59 Å². The van der Waals surface area contributed by atoms with Gasteiger partial charge in [0.2, 0.25) is 0 Å². The van der Waals surface area contributed by atoms with Crippen molar-refractivity contribution in [3.05, 3.63) is 95.4 Å². The summed E-state index contributed by atoms with van der Waals surface area (Å²) in [6, 6.07) is -0.516. The van der Waals surface area contributed by atoms with Gasteiger partial charge in [-0.2, -0.15) is 11.4 Å². The zero-order chi connectivity index (χ0) is 36.7. The van der Waals surface area contributed by atoms with Gasteiger partial charge in [0.25, 0.3) is 0 Å². The van der Waals surface area contributed by atoms with Crippen LogP contribution in [0, 0.1) is 37.5 Å². The first kappa shape index (κ1) is 39.7. The molecule has 6 atom stereocenters. The Balaban J connectivity index is 0.00000523. The Morgan fingerprint density at radius 3 is 2.40 bits per heavy atom. The monoisotopic (exact) mass is 716 g/mol. The molecule has 0 amide bonds. The number of carbonyl (C=O) groups excluding carboxylic acids is 2. The predicted molar refractivity (Wildman–Crippen MR) is 205 cm³/mol. The molecule has 3 aliphatic heterocycles. The number of esters is 2. The summed E-state index contributed by atoms with van der Waals surface area (Å²) in [6.45, 7) is 17.1. The van der Waals surface area contributed by atoms with E-state index in [1.807, 2.05) is 19.1 Å². The van der Waals surface area contributed by atoms with Crippen LogP contribution in [0.5, 0.6) is 0 Å². The van der Waals surface area contributed by atoms with E-state index in [1.165, 1.54) is 18.3 Å². The first-order valence-corrected chi connectivity index (χ1v) is 18.6. The molecule has 2 aromatic rings. The number of nitrogens with zero attached hydrogens (tertiary/aromatic N) is 4. The van der Waals surface area contributed by atoms with E-state index in [9.17, 15) is 14.7 Å². The van der Waals surface area contributed by atoms with Crippen LogP contribution in [-0.4, -0.2) is 59.9 Å². The van der Waals surface area contributed by atoms with Gasteiger partial charge in [-0.15, -0.1) is 27.8 Å². The summed E-state index contributed by atoms with van der Waals surface area (Å²) in [5, 5.41) is 23.7. The van der Waals surface area contributed by atoms with E-state index in [2.05, 4.69) is 60.6 Å². The van der Waals surface area contributed by atoms with Crippen LogP contribution >= 0.6 is 0 Å². The molecule has 0 spiro atoms. The van der Waals surface area contributed by atoms with Crippen molar-refractivity contribution in [2.24, 2.45) is 23.7 Å². The van der Waals surface area contributed by atoms with E-state index in [4.69, 9.17) is 30.1 Å². The minimum Gasteiger partial charge on any atom is -0.681 e. The summed E-state index contributed by atoms with van der Waals surface area (Å²) in [4.78, 5) is 36.8. The number of aliphatic hydroxyl groups is 1. The third kappa shape index (κ3) is 7.10. The molecule has 1 fully saturated rings. The van der Waals surface area contributed by atoms with E-state index in [1.54, 1.807) is 0 Å². The second-order valence-corrected chi connectivity index (χ2v) is 14.6. The van der Waals surface area contributed by atoms with Crippen molar-refractivity contribution in [3.63, 3.8) is 0 Å². The van der Waals surface area contributed by atoms with Crippen LogP contribution in [0.4, 0.5) is 0 Å². The summed E-state index contributed by atoms with van der Waals surface area (Å²) in [5.74, 6) is -1.84. The summed E-state index contributed by atoms with van der Waals surface area (Å²) < 4.78 is 10.9. The maximum atomic E-state index is 13.5. The summed E-state index contributed by atoms with van der Waals surface area (Å²) in [5.41, 5.74) is 11.2. The van der Waals surface area contributed by atoms with E-state index in [-0.39, 0.29) is 59.8 Å². The van der Waals surface area contributed by atoms with E-state index in [0.29, 0.717) is 28.3 Å².